The Morgan fingerprint density at radius 3 is 2.40 bits per heavy atom. The Morgan fingerprint density at radius 2 is 1.95 bits per heavy atom. The van der Waals surface area contributed by atoms with Gasteiger partial charge in [-0.05, 0) is 13.8 Å². The fourth-order valence-electron chi connectivity index (χ4n) is 1.52. The third-order valence-electron chi connectivity index (χ3n) is 2.91. The van der Waals surface area contributed by atoms with E-state index >= 15 is 0 Å². The summed E-state index contributed by atoms with van der Waals surface area (Å²) in [6.07, 6.45) is -0.824. The van der Waals surface area contributed by atoms with Gasteiger partial charge >= 0.3 is 5.97 Å². The van der Waals surface area contributed by atoms with Crippen LogP contribution in [0.1, 0.15) is 26.7 Å². The number of likely N-dealkylation sites (tertiary alicyclic amines) is 1. The molecule has 0 aromatic heterocycles. The van der Waals surface area contributed by atoms with Crippen LogP contribution in [-0.4, -0.2) is 57.1 Å². The zero-order valence-electron chi connectivity index (χ0n) is 11.3. The summed E-state index contributed by atoms with van der Waals surface area (Å²) in [4.78, 5) is 39.1. The smallest absolute Gasteiger partial charge is 0.331 e. The van der Waals surface area contributed by atoms with Gasteiger partial charge in [0.05, 0.1) is 12.0 Å². The second kappa shape index (κ2) is 6.17. The van der Waals surface area contributed by atoms with Gasteiger partial charge in [0, 0.05) is 12.8 Å². The summed E-state index contributed by atoms with van der Waals surface area (Å²) in [7, 11) is 1.22. The molecule has 10 heteroatoms. The number of carbonyl (C=O) groups is 3. The highest BCUT2D eigenvalue weighted by Gasteiger charge is 2.34. The molecule has 1 saturated heterocycles. The summed E-state index contributed by atoms with van der Waals surface area (Å²) < 4.78 is 0. The van der Waals surface area contributed by atoms with Crippen molar-refractivity contribution in [3.05, 3.63) is 5.21 Å². The number of nitrogens with zero attached hydrogens (tertiary/aromatic N) is 4. The molecule has 0 spiro atoms. The van der Waals surface area contributed by atoms with Crippen LogP contribution in [0.4, 0.5) is 0 Å². The van der Waals surface area contributed by atoms with E-state index in [0.717, 1.165) is 9.91 Å². The number of aliphatic carboxylic acids is 1. The largest absolute Gasteiger partial charge is 0.569 e. The van der Waals surface area contributed by atoms with Gasteiger partial charge in [0.25, 0.3) is 0 Å². The van der Waals surface area contributed by atoms with Crippen molar-refractivity contribution in [3.63, 3.8) is 0 Å². The molecule has 10 nitrogen and oxygen atoms in total. The number of hydrogen-bond acceptors (Lipinski definition) is 6. The highest BCUT2D eigenvalue weighted by molar-refractivity contribution is 6.02. The van der Waals surface area contributed by atoms with Gasteiger partial charge in [-0.15, -0.1) is 5.01 Å². The van der Waals surface area contributed by atoms with E-state index in [2.05, 4.69) is 5.28 Å². The molecular weight excluding hydrogens is 272 g/mol. The molecule has 2 atom stereocenters. The third-order valence-corrected chi connectivity index (χ3v) is 2.91. The summed E-state index contributed by atoms with van der Waals surface area (Å²) in [6, 6.07) is -1.11. The van der Waals surface area contributed by atoms with Gasteiger partial charge in [0.1, 0.15) is 0 Å². The van der Waals surface area contributed by atoms with Crippen molar-refractivity contribution in [3.8, 4) is 0 Å². The molecule has 1 aliphatic heterocycles. The van der Waals surface area contributed by atoms with Crippen molar-refractivity contribution >= 4 is 17.8 Å². The number of hydrogen-bond donors (Lipinski definition) is 1. The van der Waals surface area contributed by atoms with E-state index in [1.807, 2.05) is 0 Å². The van der Waals surface area contributed by atoms with E-state index in [4.69, 9.17) is 9.94 Å². The standard InChI is InChI=1S/C10H16N4O6/c1-6(10(17)18)12(3)14(19)11-20-7(2)13-8(15)4-5-9(13)16/h6-7H,4-5H2,1-3H3,(H,17,18)/b14-11+/t6-,7?/m0/s1. The lowest BCUT2D eigenvalue weighted by atomic mass is 10.3. The van der Waals surface area contributed by atoms with Crippen molar-refractivity contribution < 1.29 is 29.3 Å². The quantitative estimate of drug-likeness (QED) is 0.307. The average molecular weight is 288 g/mol. The molecule has 1 unspecified atom stereocenters. The minimum Gasteiger partial charge on any atom is -0.569 e. The summed E-state index contributed by atoms with van der Waals surface area (Å²) >= 11 is 0. The van der Waals surface area contributed by atoms with Crippen molar-refractivity contribution in [1.82, 2.24) is 9.91 Å². The highest BCUT2D eigenvalue weighted by Crippen LogP contribution is 2.16. The summed E-state index contributed by atoms with van der Waals surface area (Å²) in [5.41, 5.74) is 0. The number of carboxylic acid groups (broad SMARTS) is 1. The normalized spacial score (nSPS) is 18.9. The maximum Gasteiger partial charge on any atom is 0.331 e. The minimum atomic E-state index is -1.21. The number of likely N-dealkylation sites (N-methyl/N-ethyl adjacent to an activating group) is 1. The summed E-state index contributed by atoms with van der Waals surface area (Å²) in [6.45, 7) is 2.68. The fourth-order valence-corrected chi connectivity index (χ4v) is 1.52. The number of carbonyl (C=O) groups excluding carboxylic acids is 2. The van der Waals surface area contributed by atoms with Crippen LogP contribution < -0.4 is 0 Å². The van der Waals surface area contributed by atoms with Gasteiger partial charge in [-0.25, -0.2) is 9.69 Å². The monoisotopic (exact) mass is 288 g/mol. The van der Waals surface area contributed by atoms with Crippen LogP contribution >= 0.6 is 0 Å². The second-order valence-corrected chi connectivity index (χ2v) is 4.28. The van der Waals surface area contributed by atoms with Crippen LogP contribution in [0.3, 0.4) is 0 Å². The van der Waals surface area contributed by atoms with Gasteiger partial charge in [0.15, 0.2) is 6.04 Å². The summed E-state index contributed by atoms with van der Waals surface area (Å²) in [5, 5.41) is 24.1. The van der Waals surface area contributed by atoms with Gasteiger partial charge in [-0.3, -0.25) is 9.59 Å². The van der Waals surface area contributed by atoms with Gasteiger partial charge < -0.3 is 15.2 Å². The first-order valence-corrected chi connectivity index (χ1v) is 5.90. The first-order chi connectivity index (χ1) is 9.25. The van der Waals surface area contributed by atoms with Crippen LogP contribution in [0.5, 0.6) is 0 Å². The number of carboxylic acids is 1. The van der Waals surface area contributed by atoms with E-state index in [9.17, 15) is 19.6 Å². The van der Waals surface area contributed by atoms with Crippen LogP contribution in [-0.2, 0) is 19.2 Å². The molecule has 1 heterocycles. The molecule has 1 rings (SSSR count). The van der Waals surface area contributed by atoms with Gasteiger partial charge in [0.2, 0.25) is 23.3 Å². The van der Waals surface area contributed by atoms with Crippen LogP contribution in [0.15, 0.2) is 5.28 Å². The van der Waals surface area contributed by atoms with Crippen molar-refractivity contribution in [2.24, 2.45) is 5.28 Å². The lowest BCUT2D eigenvalue weighted by Crippen LogP contribution is -2.41. The van der Waals surface area contributed by atoms with E-state index in [-0.39, 0.29) is 17.8 Å². The van der Waals surface area contributed by atoms with Crippen LogP contribution in [0, 0.1) is 5.21 Å². The van der Waals surface area contributed by atoms with Crippen LogP contribution in [0.2, 0.25) is 0 Å². The first kappa shape index (κ1) is 15.7. The molecule has 0 saturated carbocycles. The Balaban J connectivity index is 2.64. The van der Waals surface area contributed by atoms with E-state index in [0.29, 0.717) is 0 Å². The number of imide groups is 1. The molecule has 112 valence electrons. The molecule has 1 aliphatic rings. The number of hydrazine groups is 1. The molecule has 1 N–H and O–H groups in total. The molecule has 0 aromatic rings. The van der Waals surface area contributed by atoms with Gasteiger partial charge in [-0.2, -0.15) is 0 Å². The summed E-state index contributed by atoms with van der Waals surface area (Å²) in [5.74, 6) is -2.01. The number of amides is 2. The van der Waals surface area contributed by atoms with Gasteiger partial charge in [-0.1, -0.05) is 0 Å². The van der Waals surface area contributed by atoms with Crippen LogP contribution in [0.25, 0.3) is 0 Å². The first-order valence-electron chi connectivity index (χ1n) is 5.90. The zero-order valence-corrected chi connectivity index (χ0v) is 11.3. The molecular formula is C10H16N4O6. The molecule has 0 bridgehead atoms. The molecule has 0 radical (unpaired) electrons. The Hall–Kier alpha value is -2.39. The van der Waals surface area contributed by atoms with E-state index in [1.54, 1.807) is 0 Å². The predicted molar refractivity (Wildman–Crippen MR) is 62.6 cm³/mol. The van der Waals surface area contributed by atoms with Crippen molar-refractivity contribution in [1.29, 1.82) is 0 Å². The minimum absolute atomic E-state index is 0.0552. The second-order valence-electron chi connectivity index (χ2n) is 4.28. The Bertz CT molecular complexity index is 435. The number of rotatable bonds is 6. The SMILES string of the molecule is CC(O/N=[N+](/[O-])N(C)[C@@H](C)C(=O)O)N1C(=O)CCC1=O. The predicted octanol–water partition coefficient (Wildman–Crippen LogP) is -0.305. The molecule has 2 amide bonds. The Kier molecular flexibility index (Phi) is 4.83. The lowest BCUT2D eigenvalue weighted by Gasteiger charge is -2.20. The average Bonchev–Trinajstić information content (AvgIpc) is 2.73. The molecule has 0 aromatic carbocycles. The van der Waals surface area contributed by atoms with E-state index in [1.165, 1.54) is 20.9 Å². The molecule has 1 fully saturated rings. The van der Waals surface area contributed by atoms with E-state index < -0.39 is 30.1 Å². The topological polar surface area (TPSA) is 126 Å². The lowest BCUT2D eigenvalue weighted by molar-refractivity contribution is -0.711. The van der Waals surface area contributed by atoms with Crippen molar-refractivity contribution in [2.75, 3.05) is 7.05 Å². The molecule has 0 aliphatic carbocycles. The zero-order chi connectivity index (χ0) is 15.4. The highest BCUT2D eigenvalue weighted by atomic mass is 16.7. The third kappa shape index (κ3) is 3.33. The maximum absolute atomic E-state index is 11.5. The van der Waals surface area contributed by atoms with Crippen molar-refractivity contribution in [2.45, 2.75) is 39.0 Å². The molecule has 20 heavy (non-hydrogen) atoms. The Morgan fingerprint density at radius 1 is 1.45 bits per heavy atom. The Labute approximate surface area is 114 Å². The maximum atomic E-state index is 11.5. The fraction of sp³-hybridized carbons (Fsp3) is 0.700.